The van der Waals surface area contributed by atoms with Crippen LogP contribution in [0.4, 0.5) is 14.5 Å². The van der Waals surface area contributed by atoms with Crippen LogP contribution < -0.4 is 5.32 Å². The number of thiazole rings is 1. The number of nitrogens with one attached hydrogen (secondary N) is 1. The third kappa shape index (κ3) is 5.01. The molecule has 36 heavy (non-hydrogen) atoms. The van der Waals surface area contributed by atoms with Crippen LogP contribution in [0.25, 0.3) is 17.1 Å². The van der Waals surface area contributed by atoms with E-state index in [9.17, 15) is 13.6 Å². The Bertz CT molecular complexity index is 1560. The van der Waals surface area contributed by atoms with Crippen molar-refractivity contribution in [3.05, 3.63) is 106 Å². The van der Waals surface area contributed by atoms with Crippen molar-refractivity contribution < 1.29 is 13.6 Å². The van der Waals surface area contributed by atoms with Crippen LogP contribution in [0.15, 0.2) is 83.3 Å². The molecule has 0 saturated carbocycles. The SMILES string of the molecule is O=C(Nc1ccccc1F)c1csc(CSc2nnc(-c3ccccc3Cl)n2-c2ccccc2F)n1. The summed E-state index contributed by atoms with van der Waals surface area (Å²) in [4.78, 5) is 16.9. The van der Waals surface area contributed by atoms with E-state index in [1.54, 1.807) is 58.5 Å². The van der Waals surface area contributed by atoms with E-state index in [1.807, 2.05) is 6.07 Å². The monoisotopic (exact) mass is 539 g/mol. The van der Waals surface area contributed by atoms with E-state index in [-0.39, 0.29) is 17.1 Å². The van der Waals surface area contributed by atoms with E-state index in [0.29, 0.717) is 32.3 Å². The molecule has 0 aliphatic heterocycles. The van der Waals surface area contributed by atoms with Gasteiger partial charge in [-0.05, 0) is 36.4 Å². The van der Waals surface area contributed by atoms with Crippen molar-refractivity contribution >= 4 is 46.3 Å². The van der Waals surface area contributed by atoms with Crippen LogP contribution in [0.3, 0.4) is 0 Å². The molecule has 2 aromatic heterocycles. The van der Waals surface area contributed by atoms with Crippen molar-refractivity contribution in [3.63, 3.8) is 0 Å². The first-order chi connectivity index (χ1) is 17.5. The van der Waals surface area contributed by atoms with Gasteiger partial charge in [0.15, 0.2) is 11.0 Å². The van der Waals surface area contributed by atoms with Crippen LogP contribution >= 0.6 is 34.7 Å². The first kappa shape index (κ1) is 24.1. The number of para-hydroxylation sites is 2. The molecule has 1 N–H and O–H groups in total. The first-order valence-corrected chi connectivity index (χ1v) is 12.8. The zero-order valence-electron chi connectivity index (χ0n) is 18.4. The van der Waals surface area contributed by atoms with E-state index >= 15 is 0 Å². The maximum atomic E-state index is 14.8. The predicted molar refractivity (Wildman–Crippen MR) is 138 cm³/mol. The van der Waals surface area contributed by atoms with Crippen molar-refractivity contribution in [2.75, 3.05) is 5.32 Å². The number of nitrogens with zero attached hydrogens (tertiary/aromatic N) is 4. The Balaban J connectivity index is 1.40. The number of carbonyl (C=O) groups excluding carboxylic acids is 1. The van der Waals surface area contributed by atoms with Gasteiger partial charge in [-0.3, -0.25) is 9.36 Å². The summed E-state index contributed by atoms with van der Waals surface area (Å²) < 4.78 is 30.3. The van der Waals surface area contributed by atoms with E-state index in [4.69, 9.17) is 11.6 Å². The summed E-state index contributed by atoms with van der Waals surface area (Å²) in [6.45, 7) is 0. The van der Waals surface area contributed by atoms with Crippen LogP contribution in [0.1, 0.15) is 15.5 Å². The molecule has 0 bridgehead atoms. The summed E-state index contributed by atoms with van der Waals surface area (Å²) in [5.41, 5.74) is 1.15. The molecule has 5 aromatic rings. The zero-order chi connectivity index (χ0) is 25.1. The molecule has 0 spiro atoms. The molecule has 3 aromatic carbocycles. The predicted octanol–water partition coefficient (Wildman–Crippen LogP) is 6.87. The minimum absolute atomic E-state index is 0.0801. The van der Waals surface area contributed by atoms with Gasteiger partial charge in [0.25, 0.3) is 5.91 Å². The molecule has 2 heterocycles. The second-order valence-electron chi connectivity index (χ2n) is 7.42. The van der Waals surface area contributed by atoms with E-state index in [0.717, 1.165) is 0 Å². The highest BCUT2D eigenvalue weighted by Crippen LogP contribution is 2.34. The van der Waals surface area contributed by atoms with Crippen LogP contribution in [0.5, 0.6) is 0 Å². The number of benzene rings is 3. The highest BCUT2D eigenvalue weighted by Gasteiger charge is 2.21. The van der Waals surface area contributed by atoms with Gasteiger partial charge in [-0.1, -0.05) is 59.8 Å². The fourth-order valence-electron chi connectivity index (χ4n) is 3.39. The molecule has 180 valence electrons. The number of aromatic nitrogens is 4. The number of thioether (sulfide) groups is 1. The smallest absolute Gasteiger partial charge is 0.275 e. The summed E-state index contributed by atoms with van der Waals surface area (Å²) in [6, 6.07) is 19.4. The molecule has 11 heteroatoms. The normalized spacial score (nSPS) is 11.0. The standard InChI is InChI=1S/C25H16ClF2N5OS2/c26-16-8-2-1-7-15(16)23-31-32-25(33(23)21-12-6-4-10-18(21)28)36-14-22-29-20(13-35-22)24(34)30-19-11-5-3-9-17(19)27/h1-13H,14H2,(H,30,34). The molecule has 0 fully saturated rings. The fraction of sp³-hybridized carbons (Fsp3) is 0.0400. The molecule has 6 nitrogen and oxygen atoms in total. The second kappa shape index (κ2) is 10.6. The lowest BCUT2D eigenvalue weighted by Crippen LogP contribution is -2.13. The minimum atomic E-state index is -0.529. The number of amides is 1. The Kier molecular flexibility index (Phi) is 7.08. The molecular weight excluding hydrogens is 524 g/mol. The van der Waals surface area contributed by atoms with Crippen molar-refractivity contribution in [2.45, 2.75) is 10.9 Å². The molecule has 0 radical (unpaired) electrons. The Labute approximate surface area is 218 Å². The average molecular weight is 540 g/mol. The van der Waals surface area contributed by atoms with Crippen molar-refractivity contribution in [2.24, 2.45) is 0 Å². The minimum Gasteiger partial charge on any atom is -0.318 e. The van der Waals surface area contributed by atoms with E-state index in [1.165, 1.54) is 41.3 Å². The van der Waals surface area contributed by atoms with Gasteiger partial charge in [0, 0.05) is 10.9 Å². The highest BCUT2D eigenvalue weighted by molar-refractivity contribution is 7.98. The van der Waals surface area contributed by atoms with Gasteiger partial charge in [-0.2, -0.15) is 0 Å². The zero-order valence-corrected chi connectivity index (χ0v) is 20.7. The lowest BCUT2D eigenvalue weighted by Gasteiger charge is -2.11. The lowest BCUT2D eigenvalue weighted by molar-refractivity contribution is 0.102. The molecule has 0 saturated heterocycles. The van der Waals surface area contributed by atoms with Crippen LogP contribution in [0.2, 0.25) is 5.02 Å². The van der Waals surface area contributed by atoms with Gasteiger partial charge in [-0.25, -0.2) is 13.8 Å². The van der Waals surface area contributed by atoms with Crippen molar-refractivity contribution in [1.29, 1.82) is 0 Å². The van der Waals surface area contributed by atoms with Crippen molar-refractivity contribution in [1.82, 2.24) is 19.7 Å². The molecule has 1 amide bonds. The number of anilines is 1. The lowest BCUT2D eigenvalue weighted by atomic mass is 10.2. The summed E-state index contributed by atoms with van der Waals surface area (Å²) in [6.07, 6.45) is 0. The first-order valence-electron chi connectivity index (χ1n) is 10.6. The number of carbonyl (C=O) groups is 1. The van der Waals surface area contributed by atoms with Gasteiger partial charge in [-0.15, -0.1) is 21.5 Å². The van der Waals surface area contributed by atoms with Gasteiger partial charge >= 0.3 is 0 Å². The number of rotatable bonds is 7. The Morgan fingerprint density at radius 3 is 2.47 bits per heavy atom. The van der Waals surface area contributed by atoms with Gasteiger partial charge in [0.1, 0.15) is 22.3 Å². The molecule has 0 aliphatic carbocycles. The molecule has 0 aliphatic rings. The fourth-order valence-corrected chi connectivity index (χ4v) is 5.34. The van der Waals surface area contributed by atoms with Crippen LogP contribution in [-0.4, -0.2) is 25.7 Å². The van der Waals surface area contributed by atoms with Crippen molar-refractivity contribution in [3.8, 4) is 17.1 Å². The quantitative estimate of drug-likeness (QED) is 0.229. The maximum Gasteiger partial charge on any atom is 0.275 e. The van der Waals surface area contributed by atoms with E-state index in [2.05, 4.69) is 20.5 Å². The second-order valence-corrected chi connectivity index (χ2v) is 9.71. The third-order valence-corrected chi connectivity index (χ3v) is 7.37. The average Bonchev–Trinajstić information content (AvgIpc) is 3.52. The molecule has 5 rings (SSSR count). The Hall–Kier alpha value is -3.60. The summed E-state index contributed by atoms with van der Waals surface area (Å²) in [5, 5.41) is 14.2. The largest absolute Gasteiger partial charge is 0.318 e. The summed E-state index contributed by atoms with van der Waals surface area (Å²) in [5.74, 6) is -0.722. The molecule has 0 unspecified atom stereocenters. The Morgan fingerprint density at radius 2 is 1.69 bits per heavy atom. The summed E-state index contributed by atoms with van der Waals surface area (Å²) in [7, 11) is 0. The highest BCUT2D eigenvalue weighted by atomic mass is 35.5. The van der Waals surface area contributed by atoms with Crippen LogP contribution in [-0.2, 0) is 5.75 Å². The Morgan fingerprint density at radius 1 is 0.972 bits per heavy atom. The topological polar surface area (TPSA) is 72.7 Å². The van der Waals surface area contributed by atoms with Gasteiger partial charge in [0.05, 0.1) is 22.2 Å². The maximum absolute atomic E-state index is 14.8. The van der Waals surface area contributed by atoms with Gasteiger partial charge in [0.2, 0.25) is 0 Å². The summed E-state index contributed by atoms with van der Waals surface area (Å²) >= 11 is 8.96. The molecular formula is C25H16ClF2N5OS2. The number of halogens is 3. The van der Waals surface area contributed by atoms with Crippen LogP contribution in [0, 0.1) is 11.6 Å². The van der Waals surface area contributed by atoms with E-state index < -0.39 is 17.5 Å². The number of hydrogen-bond acceptors (Lipinski definition) is 6. The third-order valence-electron chi connectivity index (χ3n) is 5.07. The molecule has 0 atom stereocenters. The van der Waals surface area contributed by atoms with Gasteiger partial charge < -0.3 is 5.32 Å². The number of hydrogen-bond donors (Lipinski definition) is 1.